The summed E-state index contributed by atoms with van der Waals surface area (Å²) >= 11 is 0. The first-order chi connectivity index (χ1) is 11.3. The van der Waals surface area contributed by atoms with Crippen molar-refractivity contribution in [3.63, 3.8) is 0 Å². The number of anilines is 1. The molecule has 3 rings (SSSR count). The highest BCUT2D eigenvalue weighted by molar-refractivity contribution is 5.39. The van der Waals surface area contributed by atoms with Gasteiger partial charge in [0.2, 0.25) is 0 Å². The molecule has 0 aliphatic carbocycles. The van der Waals surface area contributed by atoms with Crippen LogP contribution in [0.15, 0.2) is 24.3 Å². The lowest BCUT2D eigenvalue weighted by molar-refractivity contribution is -0.0822. The van der Waals surface area contributed by atoms with Crippen molar-refractivity contribution in [2.24, 2.45) is 0 Å². The number of nitrogens with two attached hydrogens (primary N) is 1. The number of aryl methyl sites for hydroxylation is 1. The van der Waals surface area contributed by atoms with Crippen molar-refractivity contribution >= 4 is 5.69 Å². The van der Waals surface area contributed by atoms with Crippen LogP contribution in [-0.2, 0) is 11.2 Å². The third-order valence-electron chi connectivity index (χ3n) is 5.82. The van der Waals surface area contributed by atoms with Gasteiger partial charge in [-0.25, -0.2) is 0 Å². The first-order valence-electron chi connectivity index (χ1n) is 9.78. The Labute approximate surface area is 141 Å². The average Bonchev–Trinajstić information content (AvgIpc) is 2.86. The second kappa shape index (κ2) is 8.19. The van der Waals surface area contributed by atoms with E-state index >= 15 is 0 Å². The summed E-state index contributed by atoms with van der Waals surface area (Å²) in [6.07, 6.45) is 18.0. The second-order valence-electron chi connectivity index (χ2n) is 7.72. The van der Waals surface area contributed by atoms with Crippen molar-refractivity contribution in [1.29, 1.82) is 0 Å². The SMILES string of the molecule is Nc1ccc(CCCCCCCCC23CCCC(CC2)O3)cc1. The van der Waals surface area contributed by atoms with E-state index in [0.717, 1.165) is 5.69 Å². The number of benzene rings is 1. The average molecular weight is 316 g/mol. The lowest BCUT2D eigenvalue weighted by Crippen LogP contribution is -2.32. The quantitative estimate of drug-likeness (QED) is 0.472. The number of unbranched alkanes of at least 4 members (excludes halogenated alkanes) is 5. The molecule has 0 amide bonds. The molecule has 2 nitrogen and oxygen atoms in total. The normalized spacial score (nSPS) is 26.5. The van der Waals surface area contributed by atoms with Crippen LogP contribution in [0.4, 0.5) is 5.69 Å². The van der Waals surface area contributed by atoms with Crippen LogP contribution in [-0.4, -0.2) is 11.7 Å². The molecule has 2 aliphatic rings. The smallest absolute Gasteiger partial charge is 0.0687 e. The molecule has 2 heteroatoms. The number of fused-ring (bicyclic) bond motifs is 2. The number of hydrogen-bond donors (Lipinski definition) is 1. The monoisotopic (exact) mass is 315 g/mol. The predicted molar refractivity (Wildman–Crippen MR) is 97.6 cm³/mol. The Morgan fingerprint density at radius 2 is 1.65 bits per heavy atom. The Morgan fingerprint density at radius 3 is 2.48 bits per heavy atom. The second-order valence-corrected chi connectivity index (χ2v) is 7.72. The number of hydrogen-bond acceptors (Lipinski definition) is 2. The molecule has 2 saturated heterocycles. The highest BCUT2D eigenvalue weighted by Crippen LogP contribution is 2.44. The van der Waals surface area contributed by atoms with Gasteiger partial charge >= 0.3 is 0 Å². The molecular weight excluding hydrogens is 282 g/mol. The van der Waals surface area contributed by atoms with Crippen LogP contribution in [0.2, 0.25) is 0 Å². The van der Waals surface area contributed by atoms with E-state index in [-0.39, 0.29) is 0 Å². The summed E-state index contributed by atoms with van der Waals surface area (Å²) in [4.78, 5) is 0. The van der Waals surface area contributed by atoms with E-state index in [1.165, 1.54) is 89.0 Å². The van der Waals surface area contributed by atoms with Gasteiger partial charge in [-0.2, -0.15) is 0 Å². The Bertz CT molecular complexity index is 465. The van der Waals surface area contributed by atoms with E-state index in [9.17, 15) is 0 Å². The van der Waals surface area contributed by atoms with Gasteiger partial charge in [-0.05, 0) is 69.1 Å². The van der Waals surface area contributed by atoms with Crippen molar-refractivity contribution in [1.82, 2.24) is 0 Å². The highest BCUT2D eigenvalue weighted by Gasteiger charge is 2.42. The van der Waals surface area contributed by atoms with Crippen molar-refractivity contribution in [3.05, 3.63) is 29.8 Å². The van der Waals surface area contributed by atoms with Crippen LogP contribution >= 0.6 is 0 Å². The van der Waals surface area contributed by atoms with Crippen molar-refractivity contribution in [3.8, 4) is 0 Å². The van der Waals surface area contributed by atoms with Crippen molar-refractivity contribution in [2.45, 2.75) is 95.2 Å². The molecule has 1 aromatic rings. The lowest BCUT2D eigenvalue weighted by Gasteiger charge is -2.33. The van der Waals surface area contributed by atoms with Gasteiger partial charge < -0.3 is 10.5 Å². The van der Waals surface area contributed by atoms with E-state index in [0.29, 0.717) is 11.7 Å². The van der Waals surface area contributed by atoms with E-state index in [1.54, 1.807) is 0 Å². The molecule has 23 heavy (non-hydrogen) atoms. The Morgan fingerprint density at radius 1 is 0.913 bits per heavy atom. The maximum absolute atomic E-state index is 6.28. The third kappa shape index (κ3) is 4.97. The molecule has 128 valence electrons. The molecule has 0 saturated carbocycles. The van der Waals surface area contributed by atoms with E-state index < -0.39 is 0 Å². The number of ether oxygens (including phenoxy) is 1. The Kier molecular flexibility index (Phi) is 5.99. The minimum atomic E-state index is 0.304. The summed E-state index contributed by atoms with van der Waals surface area (Å²) in [5.41, 5.74) is 8.30. The van der Waals surface area contributed by atoms with Gasteiger partial charge in [-0.1, -0.05) is 44.2 Å². The zero-order valence-corrected chi connectivity index (χ0v) is 14.6. The highest BCUT2D eigenvalue weighted by atomic mass is 16.5. The van der Waals surface area contributed by atoms with Gasteiger partial charge in [0.1, 0.15) is 0 Å². The fraction of sp³-hybridized carbons (Fsp3) is 0.714. The van der Waals surface area contributed by atoms with Crippen LogP contribution in [0.5, 0.6) is 0 Å². The molecule has 1 aromatic carbocycles. The molecule has 0 radical (unpaired) electrons. The number of nitrogen functional groups attached to an aromatic ring is 1. The van der Waals surface area contributed by atoms with Crippen LogP contribution in [0.3, 0.4) is 0 Å². The molecule has 2 fully saturated rings. The van der Waals surface area contributed by atoms with Crippen LogP contribution < -0.4 is 5.73 Å². The topological polar surface area (TPSA) is 35.2 Å². The predicted octanol–water partition coefficient (Wildman–Crippen LogP) is 5.64. The molecule has 2 unspecified atom stereocenters. The van der Waals surface area contributed by atoms with Gasteiger partial charge in [-0.15, -0.1) is 0 Å². The minimum absolute atomic E-state index is 0.304. The summed E-state index contributed by atoms with van der Waals surface area (Å²) in [7, 11) is 0. The Hall–Kier alpha value is -1.02. The zero-order valence-electron chi connectivity index (χ0n) is 14.6. The first kappa shape index (κ1) is 16.8. The molecular formula is C21H33NO. The molecule has 2 bridgehead atoms. The standard InChI is InChI=1S/C21H33NO/c22-19-12-10-18(11-13-19)8-5-3-1-2-4-6-15-21-16-7-9-20(23-21)14-17-21/h10-13,20H,1-9,14-17,22H2. The molecule has 2 aliphatic heterocycles. The molecule has 0 aromatic heterocycles. The van der Waals surface area contributed by atoms with Crippen LogP contribution in [0.25, 0.3) is 0 Å². The summed E-state index contributed by atoms with van der Waals surface area (Å²) < 4.78 is 6.28. The summed E-state index contributed by atoms with van der Waals surface area (Å²) in [5, 5.41) is 0. The number of rotatable bonds is 9. The third-order valence-corrected chi connectivity index (χ3v) is 5.82. The molecule has 2 heterocycles. The largest absolute Gasteiger partial charge is 0.399 e. The molecule has 2 atom stereocenters. The molecule has 2 N–H and O–H groups in total. The van der Waals surface area contributed by atoms with E-state index in [1.807, 2.05) is 12.1 Å². The maximum atomic E-state index is 6.28. The van der Waals surface area contributed by atoms with E-state index in [2.05, 4.69) is 12.1 Å². The van der Waals surface area contributed by atoms with Gasteiger partial charge in [0.05, 0.1) is 11.7 Å². The zero-order chi connectivity index (χ0) is 16.0. The van der Waals surface area contributed by atoms with Gasteiger partial charge in [0.25, 0.3) is 0 Å². The fourth-order valence-corrected chi connectivity index (χ4v) is 4.41. The lowest BCUT2D eigenvalue weighted by atomic mass is 9.88. The summed E-state index contributed by atoms with van der Waals surface area (Å²) in [6, 6.07) is 8.34. The maximum Gasteiger partial charge on any atom is 0.0687 e. The summed E-state index contributed by atoms with van der Waals surface area (Å²) in [5.74, 6) is 0. The van der Waals surface area contributed by atoms with Crippen LogP contribution in [0.1, 0.15) is 82.6 Å². The fourth-order valence-electron chi connectivity index (χ4n) is 4.41. The van der Waals surface area contributed by atoms with E-state index in [4.69, 9.17) is 10.5 Å². The van der Waals surface area contributed by atoms with Gasteiger partial charge in [0, 0.05) is 5.69 Å². The Balaban J connectivity index is 1.20. The van der Waals surface area contributed by atoms with Crippen molar-refractivity contribution < 1.29 is 4.74 Å². The first-order valence-corrected chi connectivity index (χ1v) is 9.78. The minimum Gasteiger partial charge on any atom is -0.399 e. The summed E-state index contributed by atoms with van der Waals surface area (Å²) in [6.45, 7) is 0. The van der Waals surface area contributed by atoms with Gasteiger partial charge in [0.15, 0.2) is 0 Å². The van der Waals surface area contributed by atoms with Crippen molar-refractivity contribution in [2.75, 3.05) is 5.73 Å². The van der Waals surface area contributed by atoms with Gasteiger partial charge in [-0.3, -0.25) is 0 Å². The molecule has 0 spiro atoms. The van der Waals surface area contributed by atoms with Crippen LogP contribution in [0, 0.1) is 0 Å².